The molecule has 0 spiro atoms. The van der Waals surface area contributed by atoms with Gasteiger partial charge in [-0.05, 0) is 24.7 Å². The third-order valence-electron chi connectivity index (χ3n) is 4.79. The van der Waals surface area contributed by atoms with E-state index in [1.165, 1.54) is 19.3 Å². The molecule has 2 aliphatic rings. The van der Waals surface area contributed by atoms with Crippen LogP contribution in [0, 0.1) is 11.8 Å². The standard InChI is InChI=1S/C14H25NO2/c1-11(2)12-9-15(10-12)14(8-13(16)17)6-4-3-5-7-14/h11-12H,3-10H2,1-2H3,(H,16,17). The van der Waals surface area contributed by atoms with Crippen molar-refractivity contribution in [2.45, 2.75) is 57.9 Å². The monoisotopic (exact) mass is 239 g/mol. The van der Waals surface area contributed by atoms with E-state index in [1.54, 1.807) is 0 Å². The van der Waals surface area contributed by atoms with Crippen molar-refractivity contribution >= 4 is 5.97 Å². The van der Waals surface area contributed by atoms with Gasteiger partial charge in [-0.3, -0.25) is 9.69 Å². The zero-order chi connectivity index (χ0) is 12.5. The van der Waals surface area contributed by atoms with Crippen LogP contribution in [-0.2, 0) is 4.79 Å². The minimum Gasteiger partial charge on any atom is -0.481 e. The number of likely N-dealkylation sites (tertiary alicyclic amines) is 1. The Morgan fingerprint density at radius 3 is 2.35 bits per heavy atom. The molecule has 1 N–H and O–H groups in total. The normalized spacial score (nSPS) is 25.8. The number of carboxylic acid groups (broad SMARTS) is 1. The Labute approximate surface area is 104 Å². The highest BCUT2D eigenvalue weighted by Gasteiger charge is 2.45. The summed E-state index contributed by atoms with van der Waals surface area (Å²) >= 11 is 0. The molecule has 1 saturated carbocycles. The lowest BCUT2D eigenvalue weighted by Crippen LogP contribution is -2.62. The van der Waals surface area contributed by atoms with Crippen LogP contribution in [0.5, 0.6) is 0 Å². The van der Waals surface area contributed by atoms with Gasteiger partial charge in [0.1, 0.15) is 0 Å². The van der Waals surface area contributed by atoms with E-state index in [0.29, 0.717) is 6.42 Å². The lowest BCUT2D eigenvalue weighted by atomic mass is 9.73. The van der Waals surface area contributed by atoms with Gasteiger partial charge < -0.3 is 5.11 Å². The molecule has 2 rings (SSSR count). The highest BCUT2D eigenvalue weighted by Crippen LogP contribution is 2.41. The molecule has 0 aromatic rings. The minimum absolute atomic E-state index is 0.00449. The zero-order valence-corrected chi connectivity index (χ0v) is 11.1. The van der Waals surface area contributed by atoms with Crippen LogP contribution < -0.4 is 0 Å². The summed E-state index contributed by atoms with van der Waals surface area (Å²) in [5.41, 5.74) is -0.00449. The molecule has 0 unspecified atom stereocenters. The summed E-state index contributed by atoms with van der Waals surface area (Å²) < 4.78 is 0. The van der Waals surface area contributed by atoms with E-state index in [9.17, 15) is 4.79 Å². The number of nitrogens with zero attached hydrogens (tertiary/aromatic N) is 1. The van der Waals surface area contributed by atoms with Crippen molar-refractivity contribution in [2.24, 2.45) is 11.8 Å². The maximum atomic E-state index is 11.1. The molecule has 0 radical (unpaired) electrons. The van der Waals surface area contributed by atoms with Crippen molar-refractivity contribution in [3.05, 3.63) is 0 Å². The van der Waals surface area contributed by atoms with E-state index in [1.807, 2.05) is 0 Å². The first kappa shape index (κ1) is 12.9. The van der Waals surface area contributed by atoms with Crippen LogP contribution in [-0.4, -0.2) is 34.6 Å². The highest BCUT2D eigenvalue weighted by atomic mass is 16.4. The molecule has 0 bridgehead atoms. The maximum Gasteiger partial charge on any atom is 0.305 e. The number of carboxylic acids is 1. The van der Waals surface area contributed by atoms with Crippen molar-refractivity contribution in [1.29, 1.82) is 0 Å². The third-order valence-corrected chi connectivity index (χ3v) is 4.79. The average molecular weight is 239 g/mol. The molecule has 1 saturated heterocycles. The van der Waals surface area contributed by atoms with Crippen LogP contribution in [0.1, 0.15) is 52.4 Å². The predicted molar refractivity (Wildman–Crippen MR) is 68.0 cm³/mol. The van der Waals surface area contributed by atoms with Crippen LogP contribution in [0.2, 0.25) is 0 Å². The summed E-state index contributed by atoms with van der Waals surface area (Å²) in [4.78, 5) is 13.6. The number of hydrogen-bond acceptors (Lipinski definition) is 2. The Morgan fingerprint density at radius 2 is 1.88 bits per heavy atom. The summed E-state index contributed by atoms with van der Waals surface area (Å²) in [6, 6.07) is 0. The SMILES string of the molecule is CC(C)C1CN(C2(CC(=O)O)CCCCC2)C1. The van der Waals surface area contributed by atoms with Crippen LogP contribution in [0.15, 0.2) is 0 Å². The fourth-order valence-electron chi connectivity index (χ4n) is 3.42. The van der Waals surface area contributed by atoms with E-state index in [-0.39, 0.29) is 5.54 Å². The first-order chi connectivity index (χ1) is 8.03. The van der Waals surface area contributed by atoms with Crippen molar-refractivity contribution < 1.29 is 9.90 Å². The molecule has 2 fully saturated rings. The number of carbonyl (C=O) groups is 1. The van der Waals surface area contributed by atoms with Crippen LogP contribution in [0.25, 0.3) is 0 Å². The summed E-state index contributed by atoms with van der Waals surface area (Å²) in [5, 5.41) is 9.15. The molecule has 3 heteroatoms. The topological polar surface area (TPSA) is 40.5 Å². The second-order valence-corrected chi connectivity index (χ2v) is 6.26. The molecule has 1 aliphatic heterocycles. The summed E-state index contributed by atoms with van der Waals surface area (Å²) in [5.74, 6) is 0.888. The largest absolute Gasteiger partial charge is 0.481 e. The van der Waals surface area contributed by atoms with Gasteiger partial charge in [-0.15, -0.1) is 0 Å². The Balaban J connectivity index is 1.99. The predicted octanol–water partition coefficient (Wildman–Crippen LogP) is 2.75. The molecule has 0 aromatic carbocycles. The zero-order valence-electron chi connectivity index (χ0n) is 11.1. The smallest absolute Gasteiger partial charge is 0.305 e. The van der Waals surface area contributed by atoms with Crippen molar-refractivity contribution in [2.75, 3.05) is 13.1 Å². The van der Waals surface area contributed by atoms with Crippen LogP contribution >= 0.6 is 0 Å². The lowest BCUT2D eigenvalue weighted by Gasteiger charge is -2.54. The van der Waals surface area contributed by atoms with Gasteiger partial charge in [-0.2, -0.15) is 0 Å². The van der Waals surface area contributed by atoms with Crippen molar-refractivity contribution in [1.82, 2.24) is 4.90 Å². The molecule has 17 heavy (non-hydrogen) atoms. The summed E-state index contributed by atoms with van der Waals surface area (Å²) in [7, 11) is 0. The number of aliphatic carboxylic acids is 1. The second kappa shape index (κ2) is 4.97. The van der Waals surface area contributed by atoms with Crippen LogP contribution in [0.3, 0.4) is 0 Å². The Hall–Kier alpha value is -0.570. The minimum atomic E-state index is -0.625. The van der Waals surface area contributed by atoms with Gasteiger partial charge in [-0.1, -0.05) is 33.1 Å². The summed E-state index contributed by atoms with van der Waals surface area (Å²) in [6.07, 6.45) is 6.21. The molecular weight excluding hydrogens is 214 g/mol. The van der Waals surface area contributed by atoms with Gasteiger partial charge in [0.05, 0.1) is 6.42 Å². The van der Waals surface area contributed by atoms with Gasteiger partial charge in [0.25, 0.3) is 0 Å². The van der Waals surface area contributed by atoms with Gasteiger partial charge in [-0.25, -0.2) is 0 Å². The maximum absolute atomic E-state index is 11.1. The summed E-state index contributed by atoms with van der Waals surface area (Å²) in [6.45, 7) is 6.77. The third kappa shape index (κ3) is 2.65. The van der Waals surface area contributed by atoms with E-state index < -0.39 is 5.97 Å². The van der Waals surface area contributed by atoms with Gasteiger partial charge in [0.15, 0.2) is 0 Å². The number of hydrogen-bond donors (Lipinski definition) is 1. The fraction of sp³-hybridized carbons (Fsp3) is 0.929. The Bertz CT molecular complexity index is 276. The molecule has 98 valence electrons. The molecule has 0 aromatic heterocycles. The Kier molecular flexibility index (Phi) is 3.76. The first-order valence-corrected chi connectivity index (χ1v) is 7.00. The lowest BCUT2D eigenvalue weighted by molar-refractivity contribution is -0.144. The Morgan fingerprint density at radius 1 is 1.29 bits per heavy atom. The second-order valence-electron chi connectivity index (χ2n) is 6.26. The van der Waals surface area contributed by atoms with Crippen molar-refractivity contribution in [3.63, 3.8) is 0 Å². The molecule has 0 amide bonds. The molecule has 1 heterocycles. The van der Waals surface area contributed by atoms with E-state index in [0.717, 1.165) is 37.8 Å². The van der Waals surface area contributed by atoms with Gasteiger partial charge in [0, 0.05) is 18.6 Å². The highest BCUT2D eigenvalue weighted by molar-refractivity contribution is 5.68. The van der Waals surface area contributed by atoms with Crippen LogP contribution in [0.4, 0.5) is 0 Å². The number of rotatable bonds is 4. The first-order valence-electron chi connectivity index (χ1n) is 7.00. The van der Waals surface area contributed by atoms with Crippen molar-refractivity contribution in [3.8, 4) is 0 Å². The van der Waals surface area contributed by atoms with Gasteiger partial charge >= 0.3 is 5.97 Å². The van der Waals surface area contributed by atoms with Gasteiger partial charge in [0.2, 0.25) is 0 Å². The quantitative estimate of drug-likeness (QED) is 0.820. The van der Waals surface area contributed by atoms with E-state index >= 15 is 0 Å². The molecule has 3 nitrogen and oxygen atoms in total. The van der Waals surface area contributed by atoms with E-state index in [2.05, 4.69) is 18.7 Å². The average Bonchev–Trinajstić information content (AvgIpc) is 2.14. The molecule has 1 aliphatic carbocycles. The molecule has 0 atom stereocenters. The van der Waals surface area contributed by atoms with E-state index in [4.69, 9.17) is 5.11 Å². The molecular formula is C14H25NO2. The fourth-order valence-corrected chi connectivity index (χ4v) is 3.42.